The Bertz CT molecular complexity index is 959. The average Bonchev–Trinajstić information content (AvgIpc) is 3.50. The summed E-state index contributed by atoms with van der Waals surface area (Å²) in [7, 11) is 1.70. The zero-order valence-electron chi connectivity index (χ0n) is 16.3. The van der Waals surface area contributed by atoms with Crippen molar-refractivity contribution >= 4 is 0 Å². The molecule has 1 aromatic carbocycles. The molecule has 144 valence electrons. The number of ether oxygens (including phenoxy) is 1. The Morgan fingerprint density at radius 2 is 1.96 bits per heavy atom. The smallest absolute Gasteiger partial charge is 0.131 e. The molecule has 2 aliphatic rings. The lowest BCUT2D eigenvalue weighted by atomic mass is 10.1. The van der Waals surface area contributed by atoms with E-state index in [4.69, 9.17) is 9.72 Å². The number of fused-ring (bicyclic) bond motifs is 1. The summed E-state index contributed by atoms with van der Waals surface area (Å²) >= 11 is 0. The molecule has 0 spiro atoms. The van der Waals surface area contributed by atoms with E-state index in [-0.39, 0.29) is 0 Å². The number of aromatic nitrogens is 3. The third-order valence-electron chi connectivity index (χ3n) is 5.80. The van der Waals surface area contributed by atoms with E-state index < -0.39 is 0 Å². The van der Waals surface area contributed by atoms with Crippen LogP contribution in [0, 0.1) is 0 Å². The molecule has 28 heavy (non-hydrogen) atoms. The van der Waals surface area contributed by atoms with Crippen LogP contribution in [0.1, 0.15) is 47.1 Å². The molecule has 0 atom stereocenters. The van der Waals surface area contributed by atoms with Crippen molar-refractivity contribution in [1.29, 1.82) is 0 Å². The van der Waals surface area contributed by atoms with Gasteiger partial charge in [-0.3, -0.25) is 4.90 Å². The van der Waals surface area contributed by atoms with E-state index in [0.717, 1.165) is 44.2 Å². The highest BCUT2D eigenvalue weighted by Crippen LogP contribution is 2.38. The van der Waals surface area contributed by atoms with Gasteiger partial charge in [-0.25, -0.2) is 9.97 Å². The van der Waals surface area contributed by atoms with Gasteiger partial charge in [0.1, 0.15) is 11.6 Å². The molecule has 1 aliphatic carbocycles. The van der Waals surface area contributed by atoms with Gasteiger partial charge in [-0.2, -0.15) is 0 Å². The van der Waals surface area contributed by atoms with Gasteiger partial charge in [0.05, 0.1) is 7.11 Å². The van der Waals surface area contributed by atoms with Crippen molar-refractivity contribution in [1.82, 2.24) is 19.4 Å². The Balaban J connectivity index is 1.26. The summed E-state index contributed by atoms with van der Waals surface area (Å²) < 4.78 is 7.59. The van der Waals surface area contributed by atoms with Crippen molar-refractivity contribution < 1.29 is 4.74 Å². The second-order valence-corrected chi connectivity index (χ2v) is 7.91. The largest absolute Gasteiger partial charge is 0.497 e. The maximum atomic E-state index is 5.26. The summed E-state index contributed by atoms with van der Waals surface area (Å²) in [6.07, 6.45) is 7.78. The first-order valence-electron chi connectivity index (χ1n) is 10.1. The Morgan fingerprint density at radius 3 is 2.75 bits per heavy atom. The van der Waals surface area contributed by atoms with Crippen LogP contribution in [-0.2, 0) is 26.1 Å². The summed E-state index contributed by atoms with van der Waals surface area (Å²) in [5.41, 5.74) is 5.18. The van der Waals surface area contributed by atoms with Crippen LogP contribution in [-0.4, -0.2) is 33.1 Å². The standard InChI is InChI=1S/C23H26N4O/c1-28-21-8-4-17(5-9-21)14-27-11-2-3-20(27)16-26-12-10-22-19(15-26)13-24-23(25-22)18-6-7-18/h2-5,8-9,11,13,18H,6-7,10,12,14-16H2,1H3. The fraction of sp³-hybridized carbons (Fsp3) is 0.391. The third kappa shape index (κ3) is 3.67. The molecular weight excluding hydrogens is 348 g/mol. The molecule has 0 amide bonds. The molecule has 1 saturated carbocycles. The van der Waals surface area contributed by atoms with Gasteiger partial charge in [-0.1, -0.05) is 12.1 Å². The average molecular weight is 374 g/mol. The van der Waals surface area contributed by atoms with Crippen molar-refractivity contribution in [2.24, 2.45) is 0 Å². The lowest BCUT2D eigenvalue weighted by Crippen LogP contribution is -2.31. The van der Waals surface area contributed by atoms with Crippen molar-refractivity contribution in [3.05, 3.63) is 77.1 Å². The first-order valence-corrected chi connectivity index (χ1v) is 10.1. The molecule has 0 bridgehead atoms. The molecule has 3 heterocycles. The number of methoxy groups -OCH3 is 1. The highest BCUT2D eigenvalue weighted by atomic mass is 16.5. The number of nitrogens with zero attached hydrogens (tertiary/aromatic N) is 4. The first-order chi connectivity index (χ1) is 13.8. The molecule has 5 rings (SSSR count). The van der Waals surface area contributed by atoms with Crippen LogP contribution in [0.2, 0.25) is 0 Å². The Labute approximate surface area is 166 Å². The molecular formula is C23H26N4O. The summed E-state index contributed by atoms with van der Waals surface area (Å²) in [5.74, 6) is 2.60. The van der Waals surface area contributed by atoms with Gasteiger partial charge in [0, 0.05) is 67.9 Å². The second kappa shape index (κ2) is 7.40. The Morgan fingerprint density at radius 1 is 1.11 bits per heavy atom. The number of benzene rings is 1. The van der Waals surface area contributed by atoms with Gasteiger partial charge < -0.3 is 9.30 Å². The van der Waals surface area contributed by atoms with Gasteiger partial charge in [-0.05, 0) is 42.7 Å². The van der Waals surface area contributed by atoms with Crippen LogP contribution in [0.25, 0.3) is 0 Å². The zero-order chi connectivity index (χ0) is 18.9. The first kappa shape index (κ1) is 17.4. The van der Waals surface area contributed by atoms with E-state index in [9.17, 15) is 0 Å². The molecule has 1 fully saturated rings. The molecule has 1 aliphatic heterocycles. The summed E-state index contributed by atoms with van der Waals surface area (Å²) in [6, 6.07) is 12.7. The molecule has 0 unspecified atom stereocenters. The van der Waals surface area contributed by atoms with E-state index in [2.05, 4.69) is 51.1 Å². The predicted octanol–water partition coefficient (Wildman–Crippen LogP) is 3.77. The van der Waals surface area contributed by atoms with E-state index >= 15 is 0 Å². The van der Waals surface area contributed by atoms with Crippen LogP contribution in [0.15, 0.2) is 48.8 Å². The summed E-state index contributed by atoms with van der Waals surface area (Å²) in [4.78, 5) is 12.0. The maximum Gasteiger partial charge on any atom is 0.131 e. The summed E-state index contributed by atoms with van der Waals surface area (Å²) in [5, 5.41) is 0. The zero-order valence-corrected chi connectivity index (χ0v) is 16.3. The third-order valence-corrected chi connectivity index (χ3v) is 5.80. The highest BCUT2D eigenvalue weighted by molar-refractivity contribution is 5.28. The van der Waals surface area contributed by atoms with Crippen molar-refractivity contribution in [3.8, 4) is 5.75 Å². The number of hydrogen-bond acceptors (Lipinski definition) is 4. The van der Waals surface area contributed by atoms with Gasteiger partial charge in [0.25, 0.3) is 0 Å². The topological polar surface area (TPSA) is 43.2 Å². The molecule has 0 radical (unpaired) electrons. The van der Waals surface area contributed by atoms with E-state index in [1.165, 1.54) is 35.4 Å². The lowest BCUT2D eigenvalue weighted by molar-refractivity contribution is 0.237. The summed E-state index contributed by atoms with van der Waals surface area (Å²) in [6.45, 7) is 3.83. The minimum absolute atomic E-state index is 0.629. The minimum atomic E-state index is 0.629. The fourth-order valence-corrected chi connectivity index (χ4v) is 3.97. The normalized spacial score (nSPS) is 16.8. The fourth-order valence-electron chi connectivity index (χ4n) is 3.97. The molecule has 0 N–H and O–H groups in total. The molecule has 5 heteroatoms. The van der Waals surface area contributed by atoms with E-state index in [1.807, 2.05) is 12.1 Å². The molecule has 2 aromatic heterocycles. The quantitative estimate of drug-likeness (QED) is 0.659. The van der Waals surface area contributed by atoms with Crippen LogP contribution >= 0.6 is 0 Å². The van der Waals surface area contributed by atoms with Gasteiger partial charge >= 0.3 is 0 Å². The maximum absolute atomic E-state index is 5.26. The van der Waals surface area contributed by atoms with Gasteiger partial charge in [0.2, 0.25) is 0 Å². The van der Waals surface area contributed by atoms with Crippen LogP contribution < -0.4 is 4.74 Å². The highest BCUT2D eigenvalue weighted by Gasteiger charge is 2.28. The monoisotopic (exact) mass is 374 g/mol. The lowest BCUT2D eigenvalue weighted by Gasteiger charge is -2.28. The molecule has 0 saturated heterocycles. The Hall–Kier alpha value is -2.66. The molecule has 5 nitrogen and oxygen atoms in total. The van der Waals surface area contributed by atoms with Crippen LogP contribution in [0.3, 0.4) is 0 Å². The number of hydrogen-bond donors (Lipinski definition) is 0. The molecule has 3 aromatic rings. The van der Waals surface area contributed by atoms with Crippen molar-refractivity contribution in [2.45, 2.75) is 44.8 Å². The van der Waals surface area contributed by atoms with Crippen molar-refractivity contribution in [3.63, 3.8) is 0 Å². The van der Waals surface area contributed by atoms with E-state index in [0.29, 0.717) is 5.92 Å². The second-order valence-electron chi connectivity index (χ2n) is 7.91. The van der Waals surface area contributed by atoms with E-state index in [1.54, 1.807) is 7.11 Å². The van der Waals surface area contributed by atoms with Gasteiger partial charge in [-0.15, -0.1) is 0 Å². The SMILES string of the molecule is COc1ccc(Cn2cccc2CN2CCc3nc(C4CC4)ncc3C2)cc1. The van der Waals surface area contributed by atoms with Crippen LogP contribution in [0.4, 0.5) is 0 Å². The van der Waals surface area contributed by atoms with Gasteiger partial charge in [0.15, 0.2) is 0 Å². The number of rotatable bonds is 6. The van der Waals surface area contributed by atoms with Crippen molar-refractivity contribution in [2.75, 3.05) is 13.7 Å². The minimum Gasteiger partial charge on any atom is -0.497 e. The predicted molar refractivity (Wildman–Crippen MR) is 108 cm³/mol. The Kier molecular flexibility index (Phi) is 4.61. The van der Waals surface area contributed by atoms with Crippen LogP contribution in [0.5, 0.6) is 5.75 Å².